The molecular formula is C37H46F2N2O5. The number of hydrogen-bond acceptors (Lipinski definition) is 7. The molecule has 3 N–H and O–H groups in total. The van der Waals surface area contributed by atoms with Gasteiger partial charge in [0.15, 0.2) is 46.1 Å². The highest BCUT2D eigenvalue weighted by molar-refractivity contribution is 5.51. The molecule has 0 unspecified atom stereocenters. The minimum Gasteiger partial charge on any atom is -0.493 e. The number of carbonyl (C=O) groups excluding carboxylic acids is 1. The Morgan fingerprint density at radius 1 is 0.652 bits per heavy atom. The second kappa shape index (κ2) is 20.3. The number of benzene rings is 4. The van der Waals surface area contributed by atoms with E-state index in [1.807, 2.05) is 31.2 Å². The molecule has 0 saturated carbocycles. The third-order valence-electron chi connectivity index (χ3n) is 6.59. The van der Waals surface area contributed by atoms with Gasteiger partial charge in [0.1, 0.15) is 6.29 Å². The summed E-state index contributed by atoms with van der Waals surface area (Å²) < 4.78 is 49.6. The zero-order chi connectivity index (χ0) is 33.9. The van der Waals surface area contributed by atoms with Crippen LogP contribution in [0.2, 0.25) is 0 Å². The van der Waals surface area contributed by atoms with E-state index >= 15 is 0 Å². The van der Waals surface area contributed by atoms with Gasteiger partial charge in [0, 0.05) is 36.5 Å². The smallest absolute Gasteiger partial charge is 0.169 e. The van der Waals surface area contributed by atoms with Crippen LogP contribution in [0.15, 0.2) is 72.8 Å². The van der Waals surface area contributed by atoms with Crippen molar-refractivity contribution in [2.45, 2.75) is 59.8 Å². The quantitative estimate of drug-likeness (QED) is 0.111. The normalized spacial score (nSPS) is 10.0. The minimum absolute atomic E-state index is 0.122. The second-order valence-electron chi connectivity index (χ2n) is 10.1. The van der Waals surface area contributed by atoms with Gasteiger partial charge in [0.2, 0.25) is 0 Å². The summed E-state index contributed by atoms with van der Waals surface area (Å²) in [6.45, 7) is 8.97. The van der Waals surface area contributed by atoms with E-state index < -0.39 is 11.6 Å². The van der Waals surface area contributed by atoms with E-state index in [1.54, 1.807) is 44.6 Å². The number of methoxy groups -OCH3 is 2. The van der Waals surface area contributed by atoms with E-state index in [-0.39, 0.29) is 11.5 Å². The minimum atomic E-state index is -0.498. The Hall–Kier alpha value is -4.79. The highest BCUT2D eigenvalue weighted by atomic mass is 19.1. The first kappa shape index (κ1) is 37.4. The number of ether oxygens (including phenoxy) is 4. The summed E-state index contributed by atoms with van der Waals surface area (Å²) >= 11 is 0. The van der Waals surface area contributed by atoms with Crippen LogP contribution < -0.4 is 30.0 Å². The monoisotopic (exact) mass is 636 g/mol. The Labute approximate surface area is 271 Å². The standard InChI is InChI=1S/C18H22FNO2.C15H16FNO2.C4H8O/c1-4-10-20-14-7-9-16(15(19)12-14)22-17-8-6-13(5-2)11-18(17)21-3;1-3-10-4-6-14(15(8-10)18-2)19-13-7-5-11(17)9-12(13)16;1-2-3-4-5/h6-9,11-12,20H,4-5,10H2,1-3H3;4-9H,3,17H2,1-2H3;4H,2-3H2,1H3. The van der Waals surface area contributed by atoms with Crippen molar-refractivity contribution in [2.75, 3.05) is 31.8 Å². The zero-order valence-corrected chi connectivity index (χ0v) is 27.6. The summed E-state index contributed by atoms with van der Waals surface area (Å²) in [6.07, 6.45) is 5.40. The largest absolute Gasteiger partial charge is 0.493 e. The third kappa shape index (κ3) is 12.0. The number of nitrogens with one attached hydrogen (secondary N) is 1. The average molecular weight is 637 g/mol. The zero-order valence-electron chi connectivity index (χ0n) is 27.6. The lowest BCUT2D eigenvalue weighted by molar-refractivity contribution is -0.107. The van der Waals surface area contributed by atoms with Crippen molar-refractivity contribution >= 4 is 17.7 Å². The van der Waals surface area contributed by atoms with Crippen LogP contribution in [0.4, 0.5) is 20.2 Å². The maximum Gasteiger partial charge on any atom is 0.169 e. The fraction of sp³-hybridized carbons (Fsp3) is 0.324. The van der Waals surface area contributed by atoms with Crippen LogP contribution in [-0.2, 0) is 17.6 Å². The number of nitrogens with two attached hydrogens (primary N) is 1. The number of unbranched alkanes of at least 4 members (excludes halogenated alkanes) is 1. The molecule has 0 atom stereocenters. The van der Waals surface area contributed by atoms with Crippen LogP contribution in [0, 0.1) is 11.6 Å². The van der Waals surface area contributed by atoms with Crippen molar-refractivity contribution in [3.63, 3.8) is 0 Å². The molecule has 0 aliphatic heterocycles. The summed E-state index contributed by atoms with van der Waals surface area (Å²) in [7, 11) is 3.14. The summed E-state index contributed by atoms with van der Waals surface area (Å²) in [5.41, 5.74) is 8.87. The molecule has 0 fully saturated rings. The van der Waals surface area contributed by atoms with E-state index in [0.29, 0.717) is 35.1 Å². The molecule has 7 nitrogen and oxygen atoms in total. The lowest BCUT2D eigenvalue weighted by Gasteiger charge is -2.13. The van der Waals surface area contributed by atoms with E-state index in [9.17, 15) is 13.6 Å². The Morgan fingerprint density at radius 2 is 1.15 bits per heavy atom. The molecule has 0 spiro atoms. The molecule has 0 bridgehead atoms. The molecule has 248 valence electrons. The molecule has 0 amide bonds. The van der Waals surface area contributed by atoms with Crippen LogP contribution in [0.5, 0.6) is 34.5 Å². The Balaban J connectivity index is 0.000000281. The summed E-state index contributed by atoms with van der Waals surface area (Å²) in [5.74, 6) is 1.57. The van der Waals surface area contributed by atoms with E-state index in [4.69, 9.17) is 24.7 Å². The van der Waals surface area contributed by atoms with Crippen LogP contribution in [-0.4, -0.2) is 27.1 Å². The molecule has 0 saturated heterocycles. The number of halogens is 2. The van der Waals surface area contributed by atoms with E-state index in [2.05, 4.69) is 26.1 Å². The van der Waals surface area contributed by atoms with Crippen molar-refractivity contribution in [1.82, 2.24) is 0 Å². The van der Waals surface area contributed by atoms with Gasteiger partial charge < -0.3 is 34.8 Å². The van der Waals surface area contributed by atoms with Gasteiger partial charge in [-0.3, -0.25) is 0 Å². The van der Waals surface area contributed by atoms with Gasteiger partial charge in [-0.2, -0.15) is 0 Å². The van der Waals surface area contributed by atoms with Gasteiger partial charge in [-0.05, 0) is 85.3 Å². The number of aryl methyl sites for hydroxylation is 2. The maximum absolute atomic E-state index is 14.1. The highest BCUT2D eigenvalue weighted by Crippen LogP contribution is 2.35. The molecule has 4 rings (SSSR count). The molecule has 9 heteroatoms. The van der Waals surface area contributed by atoms with Crippen LogP contribution in [0.25, 0.3) is 0 Å². The van der Waals surface area contributed by atoms with Crippen molar-refractivity contribution in [3.05, 3.63) is 95.6 Å². The Bertz CT molecular complexity index is 1510. The lowest BCUT2D eigenvalue weighted by atomic mass is 10.1. The van der Waals surface area contributed by atoms with E-state index in [0.717, 1.165) is 55.3 Å². The number of anilines is 2. The molecule has 46 heavy (non-hydrogen) atoms. The molecule has 0 radical (unpaired) electrons. The maximum atomic E-state index is 14.1. The lowest BCUT2D eigenvalue weighted by Crippen LogP contribution is -2.00. The molecule has 4 aromatic rings. The molecule has 0 heterocycles. The van der Waals surface area contributed by atoms with Gasteiger partial charge in [-0.1, -0.05) is 39.8 Å². The van der Waals surface area contributed by atoms with Crippen LogP contribution in [0.3, 0.4) is 0 Å². The fourth-order valence-electron chi connectivity index (χ4n) is 3.95. The number of aldehydes is 1. The van der Waals surface area contributed by atoms with Crippen molar-refractivity contribution < 1.29 is 32.5 Å². The fourth-order valence-corrected chi connectivity index (χ4v) is 3.95. The predicted octanol–water partition coefficient (Wildman–Crippen LogP) is 9.77. The molecule has 0 aromatic heterocycles. The third-order valence-corrected chi connectivity index (χ3v) is 6.59. The van der Waals surface area contributed by atoms with Gasteiger partial charge >= 0.3 is 0 Å². The number of nitrogen functional groups attached to an aromatic ring is 1. The Morgan fingerprint density at radius 3 is 1.54 bits per heavy atom. The SMILES string of the molecule is CCCC=O.CCCNc1ccc(Oc2ccc(CC)cc2OC)c(F)c1.CCc1ccc(Oc2ccc(N)cc2F)c(OC)c1. The van der Waals surface area contributed by atoms with Gasteiger partial charge in [0.05, 0.1) is 14.2 Å². The molecule has 0 aliphatic carbocycles. The van der Waals surface area contributed by atoms with Gasteiger partial charge in [-0.15, -0.1) is 0 Å². The van der Waals surface area contributed by atoms with E-state index in [1.165, 1.54) is 18.2 Å². The Kier molecular flexibility index (Phi) is 16.5. The first-order valence-corrected chi connectivity index (χ1v) is 15.4. The van der Waals surface area contributed by atoms with Gasteiger partial charge in [0.25, 0.3) is 0 Å². The molecular weight excluding hydrogens is 590 g/mol. The van der Waals surface area contributed by atoms with Crippen LogP contribution in [0.1, 0.15) is 58.1 Å². The first-order valence-electron chi connectivity index (χ1n) is 15.4. The average Bonchev–Trinajstić information content (AvgIpc) is 3.07. The number of hydrogen-bond donors (Lipinski definition) is 2. The summed E-state index contributed by atoms with van der Waals surface area (Å²) in [6, 6.07) is 20.4. The summed E-state index contributed by atoms with van der Waals surface area (Å²) in [4.78, 5) is 9.40. The number of rotatable bonds is 13. The first-order chi connectivity index (χ1) is 22.2. The van der Waals surface area contributed by atoms with Crippen molar-refractivity contribution in [2.24, 2.45) is 0 Å². The molecule has 4 aromatic carbocycles. The van der Waals surface area contributed by atoms with Crippen molar-refractivity contribution in [1.29, 1.82) is 0 Å². The summed E-state index contributed by atoms with van der Waals surface area (Å²) in [5, 5.41) is 3.14. The topological polar surface area (TPSA) is 92.0 Å². The predicted molar refractivity (Wildman–Crippen MR) is 182 cm³/mol. The van der Waals surface area contributed by atoms with Crippen LogP contribution >= 0.6 is 0 Å². The second-order valence-corrected chi connectivity index (χ2v) is 10.1. The molecule has 0 aliphatic rings. The number of carbonyl (C=O) groups is 1. The van der Waals surface area contributed by atoms with Crippen molar-refractivity contribution in [3.8, 4) is 34.5 Å². The highest BCUT2D eigenvalue weighted by Gasteiger charge is 2.12. The van der Waals surface area contributed by atoms with Gasteiger partial charge in [-0.25, -0.2) is 8.78 Å².